The zero-order valence-corrected chi connectivity index (χ0v) is 7.02. The van der Waals surface area contributed by atoms with Crippen molar-refractivity contribution in [2.75, 3.05) is 19.6 Å². The van der Waals surface area contributed by atoms with Gasteiger partial charge in [0.2, 0.25) is 0 Å². The Kier molecular flexibility index (Phi) is 3.52. The van der Waals surface area contributed by atoms with E-state index in [0.29, 0.717) is 12.2 Å². The van der Waals surface area contributed by atoms with Crippen molar-refractivity contribution in [3.8, 4) is 0 Å². The Balaban J connectivity index is 2.27. The molecule has 3 heteroatoms. The predicted molar refractivity (Wildman–Crippen MR) is 44.6 cm³/mol. The third-order valence-electron chi connectivity index (χ3n) is 1.93. The molecular formula is C8H16N2O. The van der Waals surface area contributed by atoms with E-state index in [-0.39, 0.29) is 6.04 Å². The Morgan fingerprint density at radius 1 is 1.55 bits per heavy atom. The molecule has 0 radical (unpaired) electrons. The molecule has 1 saturated heterocycles. The first kappa shape index (κ1) is 8.68. The highest BCUT2D eigenvalue weighted by Crippen LogP contribution is 1.96. The minimum absolute atomic E-state index is 0.0729. The summed E-state index contributed by atoms with van der Waals surface area (Å²) in [7, 11) is 0. The second-order valence-electron chi connectivity index (χ2n) is 2.93. The lowest BCUT2D eigenvalue weighted by Gasteiger charge is -2.22. The van der Waals surface area contributed by atoms with Crippen LogP contribution in [0.15, 0.2) is 0 Å². The van der Waals surface area contributed by atoms with Crippen LogP contribution < -0.4 is 10.6 Å². The second-order valence-corrected chi connectivity index (χ2v) is 2.93. The molecule has 0 bridgehead atoms. The molecule has 0 saturated carbocycles. The number of rotatable bonds is 3. The summed E-state index contributed by atoms with van der Waals surface area (Å²) in [5, 5.41) is 6.38. The molecule has 1 heterocycles. The normalized spacial score (nSPS) is 25.0. The molecule has 2 N–H and O–H groups in total. The van der Waals surface area contributed by atoms with Crippen molar-refractivity contribution in [2.45, 2.75) is 25.8 Å². The lowest BCUT2D eigenvalue weighted by molar-refractivity contribution is -0.121. The highest BCUT2D eigenvalue weighted by molar-refractivity contribution is 5.84. The number of piperazine rings is 1. The second kappa shape index (κ2) is 4.46. The maximum Gasteiger partial charge on any atom is 0.151 e. The molecule has 11 heavy (non-hydrogen) atoms. The van der Waals surface area contributed by atoms with Crippen LogP contribution in [0.5, 0.6) is 0 Å². The van der Waals surface area contributed by atoms with Gasteiger partial charge in [0.25, 0.3) is 0 Å². The van der Waals surface area contributed by atoms with Crippen LogP contribution in [0, 0.1) is 0 Å². The van der Waals surface area contributed by atoms with E-state index in [4.69, 9.17) is 0 Å². The third kappa shape index (κ3) is 2.60. The molecule has 3 nitrogen and oxygen atoms in total. The third-order valence-corrected chi connectivity index (χ3v) is 1.93. The van der Waals surface area contributed by atoms with Crippen LogP contribution in [-0.2, 0) is 4.79 Å². The summed E-state index contributed by atoms with van der Waals surface area (Å²) in [5.41, 5.74) is 0. The topological polar surface area (TPSA) is 41.1 Å². The van der Waals surface area contributed by atoms with Gasteiger partial charge in [0.05, 0.1) is 6.04 Å². The first-order valence-electron chi connectivity index (χ1n) is 4.31. The van der Waals surface area contributed by atoms with Gasteiger partial charge in [-0.15, -0.1) is 0 Å². The van der Waals surface area contributed by atoms with Gasteiger partial charge >= 0.3 is 0 Å². The van der Waals surface area contributed by atoms with Crippen LogP contribution in [0.4, 0.5) is 0 Å². The van der Waals surface area contributed by atoms with E-state index in [0.717, 1.165) is 26.1 Å². The molecule has 1 fully saturated rings. The van der Waals surface area contributed by atoms with Gasteiger partial charge in [-0.25, -0.2) is 0 Å². The summed E-state index contributed by atoms with van der Waals surface area (Å²) in [6.45, 7) is 4.74. The molecule has 1 rings (SSSR count). The van der Waals surface area contributed by atoms with Crippen molar-refractivity contribution in [1.82, 2.24) is 10.6 Å². The van der Waals surface area contributed by atoms with E-state index in [1.807, 2.05) is 6.92 Å². The maximum atomic E-state index is 11.3. The maximum absolute atomic E-state index is 11.3. The Morgan fingerprint density at radius 3 is 2.91 bits per heavy atom. The molecule has 1 aliphatic heterocycles. The van der Waals surface area contributed by atoms with Crippen LogP contribution in [-0.4, -0.2) is 31.5 Å². The molecule has 0 amide bonds. The van der Waals surface area contributed by atoms with Crippen LogP contribution >= 0.6 is 0 Å². The summed E-state index contributed by atoms with van der Waals surface area (Å²) in [6, 6.07) is 0.0729. The molecule has 0 aromatic carbocycles. The van der Waals surface area contributed by atoms with Gasteiger partial charge < -0.3 is 10.6 Å². The monoisotopic (exact) mass is 156 g/mol. The van der Waals surface area contributed by atoms with Gasteiger partial charge in [0.1, 0.15) is 0 Å². The molecule has 64 valence electrons. The van der Waals surface area contributed by atoms with Crippen LogP contribution in [0.2, 0.25) is 0 Å². The summed E-state index contributed by atoms with van der Waals surface area (Å²) in [6.07, 6.45) is 1.66. The van der Waals surface area contributed by atoms with Crippen LogP contribution in [0.1, 0.15) is 19.8 Å². The van der Waals surface area contributed by atoms with Gasteiger partial charge in [-0.05, 0) is 6.42 Å². The first-order valence-corrected chi connectivity index (χ1v) is 4.31. The Hall–Kier alpha value is -0.410. The molecule has 0 aliphatic carbocycles. The average Bonchev–Trinajstić information content (AvgIpc) is 2.07. The predicted octanol–water partition coefficient (Wildman–Crippen LogP) is -0.0830. The summed E-state index contributed by atoms with van der Waals surface area (Å²) < 4.78 is 0. The summed E-state index contributed by atoms with van der Waals surface area (Å²) >= 11 is 0. The average molecular weight is 156 g/mol. The van der Waals surface area contributed by atoms with Crippen molar-refractivity contribution in [1.29, 1.82) is 0 Å². The summed E-state index contributed by atoms with van der Waals surface area (Å²) in [5.74, 6) is 0.347. The van der Waals surface area contributed by atoms with E-state index >= 15 is 0 Å². The Labute approximate surface area is 67.5 Å². The number of carbonyl (C=O) groups is 1. The fourth-order valence-electron chi connectivity index (χ4n) is 1.30. The number of Topliss-reactive ketones (excluding diaryl/α,β-unsaturated/α-hetero) is 1. The smallest absolute Gasteiger partial charge is 0.151 e. The van der Waals surface area contributed by atoms with E-state index in [9.17, 15) is 4.79 Å². The minimum atomic E-state index is 0.0729. The quantitative estimate of drug-likeness (QED) is 0.600. The number of hydrogen-bond donors (Lipinski definition) is 2. The van der Waals surface area contributed by atoms with Crippen molar-refractivity contribution in [3.63, 3.8) is 0 Å². The van der Waals surface area contributed by atoms with Crippen molar-refractivity contribution in [3.05, 3.63) is 0 Å². The number of nitrogens with one attached hydrogen (secondary N) is 2. The lowest BCUT2D eigenvalue weighted by atomic mass is 10.1. The molecule has 0 aromatic rings. The summed E-state index contributed by atoms with van der Waals surface area (Å²) in [4.78, 5) is 11.3. The fraction of sp³-hybridized carbons (Fsp3) is 0.875. The number of ketones is 1. The van der Waals surface area contributed by atoms with Crippen molar-refractivity contribution >= 4 is 5.78 Å². The SMILES string of the molecule is CCCC(=O)C1CNCCN1. The largest absolute Gasteiger partial charge is 0.313 e. The molecular weight excluding hydrogens is 140 g/mol. The van der Waals surface area contributed by atoms with E-state index < -0.39 is 0 Å². The van der Waals surface area contributed by atoms with Gasteiger partial charge in [-0.2, -0.15) is 0 Å². The van der Waals surface area contributed by atoms with E-state index in [1.165, 1.54) is 0 Å². The van der Waals surface area contributed by atoms with Crippen molar-refractivity contribution in [2.24, 2.45) is 0 Å². The van der Waals surface area contributed by atoms with E-state index in [2.05, 4.69) is 10.6 Å². The van der Waals surface area contributed by atoms with E-state index in [1.54, 1.807) is 0 Å². The molecule has 1 aliphatic rings. The zero-order chi connectivity index (χ0) is 8.10. The number of hydrogen-bond acceptors (Lipinski definition) is 3. The highest BCUT2D eigenvalue weighted by Gasteiger charge is 2.18. The van der Waals surface area contributed by atoms with Gasteiger partial charge in [-0.3, -0.25) is 4.79 Å². The molecule has 1 atom stereocenters. The highest BCUT2D eigenvalue weighted by atomic mass is 16.1. The first-order chi connectivity index (χ1) is 5.34. The molecule has 1 unspecified atom stereocenters. The van der Waals surface area contributed by atoms with Crippen LogP contribution in [0.3, 0.4) is 0 Å². The van der Waals surface area contributed by atoms with Gasteiger partial charge in [0.15, 0.2) is 5.78 Å². The zero-order valence-electron chi connectivity index (χ0n) is 7.02. The lowest BCUT2D eigenvalue weighted by Crippen LogP contribution is -2.52. The van der Waals surface area contributed by atoms with Gasteiger partial charge in [0, 0.05) is 26.1 Å². The standard InChI is InChI=1S/C8H16N2O/c1-2-3-8(11)7-6-9-4-5-10-7/h7,9-10H,2-6H2,1H3. The van der Waals surface area contributed by atoms with Crippen molar-refractivity contribution < 1.29 is 4.79 Å². The Bertz CT molecular complexity index is 130. The fourth-order valence-corrected chi connectivity index (χ4v) is 1.30. The molecule has 0 aromatic heterocycles. The minimum Gasteiger partial charge on any atom is -0.313 e. The molecule has 0 spiro atoms. The Morgan fingerprint density at radius 2 is 2.36 bits per heavy atom. The van der Waals surface area contributed by atoms with Crippen LogP contribution in [0.25, 0.3) is 0 Å². The number of carbonyl (C=O) groups excluding carboxylic acids is 1. The van der Waals surface area contributed by atoms with Gasteiger partial charge in [-0.1, -0.05) is 6.92 Å².